The molecule has 1 aliphatic rings. The highest BCUT2D eigenvalue weighted by atomic mass is 79.9. The second kappa shape index (κ2) is 6.44. The van der Waals surface area contributed by atoms with Crippen molar-refractivity contribution in [2.75, 3.05) is 0 Å². The summed E-state index contributed by atoms with van der Waals surface area (Å²) >= 11 is 4.07. The van der Waals surface area contributed by atoms with Gasteiger partial charge in [0.15, 0.2) is 0 Å². The van der Waals surface area contributed by atoms with Crippen molar-refractivity contribution in [2.24, 2.45) is 11.3 Å². The zero-order valence-electron chi connectivity index (χ0n) is 14.4. The van der Waals surface area contributed by atoms with E-state index in [0.29, 0.717) is 10.2 Å². The fourth-order valence-electron chi connectivity index (χ4n) is 3.96. The Morgan fingerprint density at radius 3 is 2.00 bits per heavy atom. The van der Waals surface area contributed by atoms with Crippen LogP contribution in [0.5, 0.6) is 0 Å². The van der Waals surface area contributed by atoms with E-state index in [9.17, 15) is 0 Å². The highest BCUT2D eigenvalue weighted by Crippen LogP contribution is 2.55. The van der Waals surface area contributed by atoms with Gasteiger partial charge in [-0.1, -0.05) is 87.7 Å². The molecule has 0 saturated heterocycles. The van der Waals surface area contributed by atoms with Gasteiger partial charge in [0, 0.05) is 4.83 Å². The Morgan fingerprint density at radius 1 is 1.05 bits per heavy atom. The first kappa shape index (κ1) is 17.1. The molecule has 118 valence electrons. The van der Waals surface area contributed by atoms with E-state index < -0.39 is 0 Å². The molecular formula is C20H31Br. The molecule has 0 aliphatic heterocycles. The first-order chi connectivity index (χ1) is 9.74. The predicted octanol–water partition coefficient (Wildman–Crippen LogP) is 7.03. The zero-order chi connectivity index (χ0) is 15.7. The summed E-state index contributed by atoms with van der Waals surface area (Å²) in [6, 6.07) is 9.34. The predicted molar refractivity (Wildman–Crippen MR) is 97.2 cm³/mol. The van der Waals surface area contributed by atoms with Crippen molar-refractivity contribution in [2.45, 2.75) is 77.0 Å². The van der Waals surface area contributed by atoms with Gasteiger partial charge in [0.25, 0.3) is 0 Å². The topological polar surface area (TPSA) is 0 Å². The summed E-state index contributed by atoms with van der Waals surface area (Å²) in [6.07, 6.45) is 6.89. The lowest BCUT2D eigenvalue weighted by Crippen LogP contribution is -2.24. The Kier molecular flexibility index (Phi) is 5.23. The molecule has 1 saturated carbocycles. The van der Waals surface area contributed by atoms with Crippen molar-refractivity contribution >= 4 is 15.9 Å². The van der Waals surface area contributed by atoms with Crippen LogP contribution in [0.1, 0.15) is 82.7 Å². The number of alkyl halides is 1. The van der Waals surface area contributed by atoms with Gasteiger partial charge in [-0.15, -0.1) is 0 Å². The normalized spacial score (nSPS) is 20.0. The van der Waals surface area contributed by atoms with Gasteiger partial charge < -0.3 is 0 Å². The molecule has 1 unspecified atom stereocenters. The monoisotopic (exact) mass is 350 g/mol. The summed E-state index contributed by atoms with van der Waals surface area (Å²) in [5.74, 6) is 0.775. The molecule has 1 aromatic carbocycles. The second-order valence-electron chi connectivity index (χ2n) is 8.40. The zero-order valence-corrected chi connectivity index (χ0v) is 16.0. The van der Waals surface area contributed by atoms with Crippen LogP contribution in [0.2, 0.25) is 0 Å². The van der Waals surface area contributed by atoms with Crippen LogP contribution >= 0.6 is 15.9 Å². The van der Waals surface area contributed by atoms with Gasteiger partial charge in [-0.25, -0.2) is 0 Å². The molecule has 1 heteroatoms. The summed E-state index contributed by atoms with van der Waals surface area (Å²) in [5.41, 5.74) is 3.60. The highest BCUT2D eigenvalue weighted by molar-refractivity contribution is 9.09. The van der Waals surface area contributed by atoms with E-state index in [1.807, 2.05) is 0 Å². The summed E-state index contributed by atoms with van der Waals surface area (Å²) in [5, 5.41) is 0. The van der Waals surface area contributed by atoms with Gasteiger partial charge in [-0.2, -0.15) is 0 Å². The van der Waals surface area contributed by atoms with Crippen molar-refractivity contribution in [3.8, 4) is 0 Å². The van der Waals surface area contributed by atoms with Crippen LogP contribution in [0.4, 0.5) is 0 Å². The minimum absolute atomic E-state index is 0.239. The summed E-state index contributed by atoms with van der Waals surface area (Å²) in [4.78, 5) is 0.504. The number of benzene rings is 1. The van der Waals surface area contributed by atoms with Crippen LogP contribution in [0.15, 0.2) is 24.3 Å². The third kappa shape index (κ3) is 3.92. The van der Waals surface area contributed by atoms with E-state index in [1.165, 1.54) is 43.2 Å². The van der Waals surface area contributed by atoms with Crippen molar-refractivity contribution in [3.63, 3.8) is 0 Å². The molecular weight excluding hydrogens is 320 g/mol. The van der Waals surface area contributed by atoms with E-state index >= 15 is 0 Å². The Labute approximate surface area is 139 Å². The average molecular weight is 351 g/mol. The lowest BCUT2D eigenvalue weighted by atomic mass is 9.73. The maximum absolute atomic E-state index is 4.07. The first-order valence-corrected chi connectivity index (χ1v) is 9.41. The Hall–Kier alpha value is -0.300. The van der Waals surface area contributed by atoms with Crippen LogP contribution in [0, 0.1) is 11.3 Å². The van der Waals surface area contributed by atoms with Crippen LogP contribution in [-0.4, -0.2) is 0 Å². The molecule has 0 N–H and O–H groups in total. The van der Waals surface area contributed by atoms with Gasteiger partial charge in [0.2, 0.25) is 0 Å². The van der Waals surface area contributed by atoms with Gasteiger partial charge in [-0.3, -0.25) is 0 Å². The van der Waals surface area contributed by atoms with Crippen molar-refractivity contribution in [1.82, 2.24) is 0 Å². The summed E-state index contributed by atoms with van der Waals surface area (Å²) < 4.78 is 0. The first-order valence-electron chi connectivity index (χ1n) is 8.49. The SMILES string of the molecule is CC(C)CC1(C(Br)c2ccc(C(C)(C)C)cc2)CCCC1. The van der Waals surface area contributed by atoms with Crippen molar-refractivity contribution in [1.29, 1.82) is 0 Å². The van der Waals surface area contributed by atoms with Gasteiger partial charge >= 0.3 is 0 Å². The molecule has 1 aliphatic carbocycles. The van der Waals surface area contributed by atoms with E-state index in [1.54, 1.807) is 0 Å². The number of halogens is 1. The smallest absolute Gasteiger partial charge is 0.0451 e. The van der Waals surface area contributed by atoms with Crippen LogP contribution < -0.4 is 0 Å². The van der Waals surface area contributed by atoms with E-state index in [2.05, 4.69) is 74.8 Å². The largest absolute Gasteiger partial charge is 0.0833 e. The Bertz CT molecular complexity index is 444. The minimum atomic E-state index is 0.239. The summed E-state index contributed by atoms with van der Waals surface area (Å²) in [6.45, 7) is 11.6. The van der Waals surface area contributed by atoms with Crippen molar-refractivity contribution in [3.05, 3.63) is 35.4 Å². The molecule has 0 aromatic heterocycles. The summed E-state index contributed by atoms with van der Waals surface area (Å²) in [7, 11) is 0. The maximum atomic E-state index is 4.07. The molecule has 1 aromatic rings. The molecule has 1 atom stereocenters. The van der Waals surface area contributed by atoms with Crippen LogP contribution in [0.3, 0.4) is 0 Å². The van der Waals surface area contributed by atoms with E-state index in [0.717, 1.165) is 5.92 Å². The fourth-order valence-corrected chi connectivity index (χ4v) is 4.91. The van der Waals surface area contributed by atoms with Crippen LogP contribution in [0.25, 0.3) is 0 Å². The second-order valence-corrected chi connectivity index (χ2v) is 9.32. The quantitative estimate of drug-likeness (QED) is 0.511. The Morgan fingerprint density at radius 2 is 1.57 bits per heavy atom. The number of hydrogen-bond donors (Lipinski definition) is 0. The third-order valence-corrected chi connectivity index (χ3v) is 6.52. The molecule has 0 amide bonds. The molecule has 21 heavy (non-hydrogen) atoms. The molecule has 0 spiro atoms. The van der Waals surface area contributed by atoms with Gasteiger partial charge in [0.05, 0.1) is 0 Å². The van der Waals surface area contributed by atoms with E-state index in [4.69, 9.17) is 0 Å². The standard InChI is InChI=1S/C20H31Br/c1-15(2)14-20(12-6-7-13-20)18(21)16-8-10-17(11-9-16)19(3,4)5/h8-11,15,18H,6-7,12-14H2,1-5H3. The molecule has 1 fully saturated rings. The van der Waals surface area contributed by atoms with Gasteiger partial charge in [-0.05, 0) is 47.1 Å². The average Bonchev–Trinajstić information content (AvgIpc) is 2.86. The Balaban J connectivity index is 2.23. The molecule has 0 nitrogen and oxygen atoms in total. The molecule has 0 heterocycles. The number of rotatable bonds is 4. The highest BCUT2D eigenvalue weighted by Gasteiger charge is 2.41. The van der Waals surface area contributed by atoms with Crippen molar-refractivity contribution < 1.29 is 0 Å². The maximum Gasteiger partial charge on any atom is 0.0451 e. The van der Waals surface area contributed by atoms with Crippen LogP contribution in [-0.2, 0) is 5.41 Å². The molecule has 2 rings (SSSR count). The molecule has 0 bridgehead atoms. The fraction of sp³-hybridized carbons (Fsp3) is 0.700. The lowest BCUT2D eigenvalue weighted by Gasteiger charge is -2.36. The minimum Gasteiger partial charge on any atom is -0.0833 e. The van der Waals surface area contributed by atoms with E-state index in [-0.39, 0.29) is 5.41 Å². The lowest BCUT2D eigenvalue weighted by molar-refractivity contribution is 0.230. The van der Waals surface area contributed by atoms with Gasteiger partial charge in [0.1, 0.15) is 0 Å². The third-order valence-electron chi connectivity index (χ3n) is 5.02. The molecule has 0 radical (unpaired) electrons. The number of hydrogen-bond acceptors (Lipinski definition) is 0.